The number of allylic oxidation sites excluding steroid dienone is 2. The summed E-state index contributed by atoms with van der Waals surface area (Å²) in [5.74, 6) is 0.162. The molecule has 47 heavy (non-hydrogen) atoms. The van der Waals surface area contributed by atoms with E-state index in [2.05, 4.69) is 41.3 Å². The molecular formula is C37H48Cl2N2O5S. The maximum Gasteiger partial charge on any atom is 0.266 e. The van der Waals surface area contributed by atoms with E-state index in [0.29, 0.717) is 55.4 Å². The predicted octanol–water partition coefficient (Wildman–Crippen LogP) is 8.01. The van der Waals surface area contributed by atoms with Gasteiger partial charge in [-0.25, -0.2) is 13.1 Å². The average molecular weight is 704 g/mol. The number of unbranched alkanes of at least 4 members (excludes halogenated alkanes) is 1. The molecule has 5 atom stereocenters. The van der Waals surface area contributed by atoms with Crippen molar-refractivity contribution < 1.29 is 23.1 Å². The Balaban J connectivity index is 1.50. The highest BCUT2D eigenvalue weighted by molar-refractivity contribution is 7.90. The summed E-state index contributed by atoms with van der Waals surface area (Å²) >= 11 is 13.1. The maximum absolute atomic E-state index is 13.6. The minimum atomic E-state index is -3.95. The fraction of sp³-hybridized carbons (Fsp3) is 0.541. The number of anilines is 1. The van der Waals surface area contributed by atoms with E-state index in [1.165, 1.54) is 11.1 Å². The number of fused-ring (bicyclic) bond motifs is 3. The van der Waals surface area contributed by atoms with E-state index >= 15 is 0 Å². The molecule has 2 aliphatic carbocycles. The molecule has 256 valence electrons. The Bertz CT molecular complexity index is 1600. The molecule has 2 unspecified atom stereocenters. The maximum atomic E-state index is 13.6. The number of ether oxygens (including phenoxy) is 1. The molecule has 0 radical (unpaired) electrons. The molecule has 0 aromatic heterocycles. The summed E-state index contributed by atoms with van der Waals surface area (Å²) < 4.78 is 35.3. The number of sulfonamides is 1. The molecule has 2 aromatic rings. The van der Waals surface area contributed by atoms with Crippen LogP contribution in [0, 0.1) is 11.8 Å². The van der Waals surface area contributed by atoms with Gasteiger partial charge in [0.05, 0.1) is 34.2 Å². The molecule has 1 aliphatic heterocycles. The molecule has 2 N–H and O–H groups in total. The average Bonchev–Trinajstić information content (AvgIpc) is 3.15. The Kier molecular flexibility index (Phi) is 11.7. The summed E-state index contributed by atoms with van der Waals surface area (Å²) in [5.41, 5.74) is 2.91. The van der Waals surface area contributed by atoms with Crippen LogP contribution in [0.1, 0.15) is 93.1 Å². The number of carbonyl (C=O) groups is 1. The van der Waals surface area contributed by atoms with Crippen molar-refractivity contribution in [3.05, 3.63) is 81.9 Å². The predicted molar refractivity (Wildman–Crippen MR) is 191 cm³/mol. The van der Waals surface area contributed by atoms with E-state index in [9.17, 15) is 18.3 Å². The highest BCUT2D eigenvalue weighted by Gasteiger charge is 2.44. The number of hydrogen-bond acceptors (Lipinski definition) is 6. The molecule has 7 nitrogen and oxygen atoms in total. The molecule has 1 saturated carbocycles. The number of carbonyl (C=O) groups excluding carboxylic acids is 1. The Morgan fingerprint density at radius 3 is 2.72 bits per heavy atom. The standard InChI is InChI=1S/C37H48Cl2N2O5S/c1-4-7-9-13-34(42)29-16-14-26(29)22-41-23-37(18-10-11-25-19-27(38)15-17-31(25)37)24-46-35-21-32(39)30(20-33(35)41)36(43)40-47(44,45)28(6-3)12-8-5-2/h5,9,13,15,17,19-21,26,28-29,34,42H,2,4,6-8,10-12,14,16,18,22-24H2,1,3H3,(H,40,43)/b13-9+/t26-,28?,29+,34?,37-/m0/s1. The number of nitrogens with one attached hydrogen (secondary N) is 1. The van der Waals surface area contributed by atoms with Gasteiger partial charge >= 0.3 is 0 Å². The lowest BCUT2D eigenvalue weighted by Gasteiger charge is -2.45. The van der Waals surface area contributed by atoms with Crippen LogP contribution in [0.15, 0.2) is 55.1 Å². The van der Waals surface area contributed by atoms with Gasteiger partial charge in [-0.2, -0.15) is 0 Å². The zero-order valence-corrected chi connectivity index (χ0v) is 29.8. The first-order chi connectivity index (χ1) is 22.5. The van der Waals surface area contributed by atoms with E-state index in [-0.39, 0.29) is 27.8 Å². The fourth-order valence-electron chi connectivity index (χ4n) is 7.56. The third kappa shape index (κ3) is 7.87. The van der Waals surface area contributed by atoms with Crippen LogP contribution in [0.4, 0.5) is 5.69 Å². The van der Waals surface area contributed by atoms with Gasteiger partial charge in [0.15, 0.2) is 0 Å². The fourth-order valence-corrected chi connectivity index (χ4v) is 9.41. The van der Waals surface area contributed by atoms with Gasteiger partial charge < -0.3 is 14.7 Å². The molecule has 3 aliphatic rings. The minimum Gasteiger partial charge on any atom is -0.490 e. The molecule has 5 rings (SSSR count). The lowest BCUT2D eigenvalue weighted by atomic mass is 9.68. The number of hydrogen-bond donors (Lipinski definition) is 2. The Morgan fingerprint density at radius 2 is 2.02 bits per heavy atom. The van der Waals surface area contributed by atoms with Crippen molar-refractivity contribution in [3.63, 3.8) is 0 Å². The zero-order valence-electron chi connectivity index (χ0n) is 27.5. The molecule has 0 bridgehead atoms. The van der Waals surface area contributed by atoms with Crippen molar-refractivity contribution >= 4 is 44.8 Å². The number of benzene rings is 2. The number of halogens is 2. The van der Waals surface area contributed by atoms with E-state index in [0.717, 1.165) is 44.9 Å². The van der Waals surface area contributed by atoms with Gasteiger partial charge in [0.25, 0.3) is 5.91 Å². The molecule has 1 fully saturated rings. The zero-order chi connectivity index (χ0) is 33.8. The molecule has 10 heteroatoms. The molecular weight excluding hydrogens is 655 g/mol. The Labute approximate surface area is 290 Å². The summed E-state index contributed by atoms with van der Waals surface area (Å²) in [6.07, 6.45) is 13.2. The van der Waals surface area contributed by atoms with Gasteiger partial charge in [0.2, 0.25) is 10.0 Å². The largest absolute Gasteiger partial charge is 0.490 e. The molecule has 1 amide bonds. The SMILES string of the molecule is C=CCCC(CC)S(=O)(=O)NC(=O)c1cc2c(cc1Cl)OC[C@]1(CCCc3cc(Cl)ccc31)CN2C[C@@H]1CC[C@H]1C(O)/C=C/CCC. The van der Waals surface area contributed by atoms with Crippen LogP contribution in [0.25, 0.3) is 0 Å². The van der Waals surface area contributed by atoms with Crippen molar-refractivity contribution in [1.82, 2.24) is 4.72 Å². The summed E-state index contributed by atoms with van der Waals surface area (Å²) in [5, 5.41) is 11.2. The van der Waals surface area contributed by atoms with E-state index in [1.807, 2.05) is 12.1 Å². The van der Waals surface area contributed by atoms with Crippen LogP contribution in [0.2, 0.25) is 10.0 Å². The number of amides is 1. The van der Waals surface area contributed by atoms with E-state index < -0.39 is 27.3 Å². The first kappa shape index (κ1) is 35.8. The molecule has 1 spiro atoms. The first-order valence-electron chi connectivity index (χ1n) is 17.0. The van der Waals surface area contributed by atoms with Gasteiger partial charge in [-0.15, -0.1) is 6.58 Å². The first-order valence-corrected chi connectivity index (χ1v) is 19.3. The van der Waals surface area contributed by atoms with Crippen molar-refractivity contribution in [2.45, 2.75) is 94.8 Å². The van der Waals surface area contributed by atoms with Gasteiger partial charge in [-0.05, 0) is 98.9 Å². The lowest BCUT2D eigenvalue weighted by Crippen LogP contribution is -2.49. The highest BCUT2D eigenvalue weighted by atomic mass is 35.5. The quantitative estimate of drug-likeness (QED) is 0.205. The number of aliphatic hydroxyl groups is 1. The second kappa shape index (κ2) is 15.4. The third-order valence-corrected chi connectivity index (χ3v) is 12.8. The molecule has 2 aromatic carbocycles. The number of aliphatic hydroxyl groups excluding tert-OH is 1. The second-order valence-electron chi connectivity index (χ2n) is 13.5. The van der Waals surface area contributed by atoms with Crippen LogP contribution < -0.4 is 14.4 Å². The van der Waals surface area contributed by atoms with Crippen molar-refractivity contribution in [2.24, 2.45) is 11.8 Å². The third-order valence-electron chi connectivity index (χ3n) is 10.4. The van der Waals surface area contributed by atoms with Crippen LogP contribution in [0.5, 0.6) is 5.75 Å². The summed E-state index contributed by atoms with van der Waals surface area (Å²) in [6, 6.07) is 9.44. The van der Waals surface area contributed by atoms with Crippen LogP contribution in [-0.4, -0.2) is 50.5 Å². The minimum absolute atomic E-state index is 0.0839. The van der Waals surface area contributed by atoms with Crippen molar-refractivity contribution in [2.75, 3.05) is 24.6 Å². The van der Waals surface area contributed by atoms with Crippen LogP contribution in [0.3, 0.4) is 0 Å². The topological polar surface area (TPSA) is 95.9 Å². The normalized spacial score (nSPS) is 23.6. The highest BCUT2D eigenvalue weighted by Crippen LogP contribution is 2.47. The van der Waals surface area contributed by atoms with Crippen LogP contribution >= 0.6 is 23.2 Å². The summed E-state index contributed by atoms with van der Waals surface area (Å²) in [7, 11) is -3.95. The second-order valence-corrected chi connectivity index (χ2v) is 16.3. The number of rotatable bonds is 13. The van der Waals surface area contributed by atoms with Gasteiger partial charge in [0.1, 0.15) is 5.75 Å². The van der Waals surface area contributed by atoms with Crippen molar-refractivity contribution in [1.29, 1.82) is 0 Å². The van der Waals surface area contributed by atoms with Gasteiger partial charge in [0, 0.05) is 29.6 Å². The van der Waals surface area contributed by atoms with Gasteiger partial charge in [-0.1, -0.05) is 67.8 Å². The monoisotopic (exact) mass is 702 g/mol. The Hall–Kier alpha value is -2.52. The number of nitrogens with zero attached hydrogens (tertiary/aromatic N) is 1. The smallest absolute Gasteiger partial charge is 0.266 e. The van der Waals surface area contributed by atoms with Gasteiger partial charge in [-0.3, -0.25) is 4.79 Å². The summed E-state index contributed by atoms with van der Waals surface area (Å²) in [6.45, 7) is 9.33. The lowest BCUT2D eigenvalue weighted by molar-refractivity contribution is 0.0456. The molecule has 0 saturated heterocycles. The van der Waals surface area contributed by atoms with E-state index in [1.54, 1.807) is 25.1 Å². The summed E-state index contributed by atoms with van der Waals surface area (Å²) in [4.78, 5) is 15.9. The van der Waals surface area contributed by atoms with E-state index in [4.69, 9.17) is 27.9 Å². The number of aryl methyl sites for hydroxylation is 1. The Morgan fingerprint density at radius 1 is 1.21 bits per heavy atom. The molecule has 1 heterocycles. The van der Waals surface area contributed by atoms with Crippen molar-refractivity contribution in [3.8, 4) is 5.75 Å². The van der Waals surface area contributed by atoms with Crippen LogP contribution in [-0.2, 0) is 21.9 Å².